The topological polar surface area (TPSA) is 78.5 Å². The monoisotopic (exact) mass is 414 g/mol. The van der Waals surface area contributed by atoms with Gasteiger partial charge >= 0.3 is 0 Å². The van der Waals surface area contributed by atoms with E-state index in [2.05, 4.69) is 9.88 Å². The van der Waals surface area contributed by atoms with Gasteiger partial charge in [0.15, 0.2) is 0 Å². The Bertz CT molecular complexity index is 936. The number of amides is 1. The van der Waals surface area contributed by atoms with E-state index >= 15 is 0 Å². The van der Waals surface area contributed by atoms with E-state index in [1.807, 2.05) is 17.5 Å². The lowest BCUT2D eigenvalue weighted by molar-refractivity contribution is 0.0277. The maximum absolute atomic E-state index is 12.9. The van der Waals surface area contributed by atoms with E-state index in [0.29, 0.717) is 36.0 Å². The zero-order chi connectivity index (χ0) is 19.8. The third kappa shape index (κ3) is 3.65. The van der Waals surface area contributed by atoms with Gasteiger partial charge in [-0.2, -0.15) is 0 Å². The zero-order valence-corrected chi connectivity index (χ0v) is 17.2. The Kier molecular flexibility index (Phi) is 5.24. The van der Waals surface area contributed by atoms with Crippen LogP contribution in [0.1, 0.15) is 58.5 Å². The Morgan fingerprint density at radius 1 is 1.24 bits per heavy atom. The number of carbonyl (C=O) groups is 1. The third-order valence-corrected chi connectivity index (χ3v) is 7.23. The molecule has 5 rings (SSSR count). The summed E-state index contributed by atoms with van der Waals surface area (Å²) < 4.78 is 5.52. The average molecular weight is 415 g/mol. The van der Waals surface area contributed by atoms with E-state index in [1.54, 1.807) is 4.90 Å². The summed E-state index contributed by atoms with van der Waals surface area (Å²) in [6.07, 6.45) is 4.89. The van der Waals surface area contributed by atoms with Crippen molar-refractivity contribution in [3.63, 3.8) is 0 Å². The van der Waals surface area contributed by atoms with E-state index in [4.69, 9.17) is 9.72 Å². The highest BCUT2D eigenvalue weighted by Crippen LogP contribution is 2.34. The van der Waals surface area contributed by atoms with E-state index in [-0.39, 0.29) is 17.5 Å². The molecule has 1 amide bonds. The molecule has 29 heavy (non-hydrogen) atoms. The van der Waals surface area contributed by atoms with Gasteiger partial charge in [0, 0.05) is 32.2 Å². The normalized spacial score (nSPS) is 23.3. The summed E-state index contributed by atoms with van der Waals surface area (Å²) in [6, 6.07) is 4.40. The fourth-order valence-corrected chi connectivity index (χ4v) is 5.56. The molecule has 7 nitrogen and oxygen atoms in total. The fraction of sp³-hybridized carbons (Fsp3) is 0.571. The molecule has 3 aliphatic heterocycles. The molecule has 0 radical (unpaired) electrons. The first-order valence-corrected chi connectivity index (χ1v) is 11.4. The zero-order valence-electron chi connectivity index (χ0n) is 16.4. The molecule has 0 saturated carbocycles. The van der Waals surface area contributed by atoms with Crippen LogP contribution in [-0.4, -0.2) is 58.0 Å². The number of fused-ring (bicyclic) bond motifs is 1. The minimum absolute atomic E-state index is 0.00406. The first-order chi connectivity index (χ1) is 14.2. The molecule has 0 bridgehead atoms. The van der Waals surface area contributed by atoms with Crippen LogP contribution in [0.15, 0.2) is 22.3 Å². The molecule has 2 saturated heterocycles. The summed E-state index contributed by atoms with van der Waals surface area (Å²) in [5, 5.41) is 1.90. The summed E-state index contributed by atoms with van der Waals surface area (Å²) in [7, 11) is 0. The number of carbonyl (C=O) groups excluding carboxylic acids is 1. The highest BCUT2D eigenvalue weighted by atomic mass is 32.1. The van der Waals surface area contributed by atoms with E-state index in [1.165, 1.54) is 11.3 Å². The van der Waals surface area contributed by atoms with Crippen LogP contribution in [0.2, 0.25) is 0 Å². The van der Waals surface area contributed by atoms with Gasteiger partial charge in [0.1, 0.15) is 5.82 Å². The molecule has 5 heterocycles. The predicted molar refractivity (Wildman–Crippen MR) is 110 cm³/mol. The van der Waals surface area contributed by atoms with Crippen molar-refractivity contribution in [2.75, 3.05) is 26.3 Å². The van der Waals surface area contributed by atoms with Crippen LogP contribution in [0.25, 0.3) is 0 Å². The summed E-state index contributed by atoms with van der Waals surface area (Å²) in [6.45, 7) is 3.63. The number of rotatable bonds is 3. The number of aromatic nitrogens is 2. The minimum atomic E-state index is -0.0903. The number of nitrogens with zero attached hydrogens (tertiary/aromatic N) is 3. The number of nitrogens with one attached hydrogen (secondary N) is 1. The van der Waals surface area contributed by atoms with Crippen molar-refractivity contribution in [2.24, 2.45) is 0 Å². The predicted octanol–water partition coefficient (Wildman–Crippen LogP) is 2.35. The molecular formula is C21H26N4O3S. The lowest BCUT2D eigenvalue weighted by atomic mass is 10.0. The van der Waals surface area contributed by atoms with Crippen LogP contribution in [0.3, 0.4) is 0 Å². The second kappa shape index (κ2) is 8.01. The Hall–Kier alpha value is -2.03. The molecule has 1 atom stereocenters. The molecular weight excluding hydrogens is 388 g/mol. The van der Waals surface area contributed by atoms with Gasteiger partial charge < -0.3 is 14.6 Å². The number of H-pyrrole nitrogens is 1. The van der Waals surface area contributed by atoms with Crippen LogP contribution in [0.4, 0.5) is 0 Å². The second-order valence-corrected chi connectivity index (χ2v) is 9.02. The lowest BCUT2D eigenvalue weighted by Crippen LogP contribution is -2.42. The van der Waals surface area contributed by atoms with Crippen molar-refractivity contribution < 1.29 is 9.53 Å². The molecule has 0 aromatic carbocycles. The number of hydrogen-bond donors (Lipinski definition) is 1. The van der Waals surface area contributed by atoms with E-state index < -0.39 is 0 Å². The summed E-state index contributed by atoms with van der Waals surface area (Å²) in [5.41, 5.74) is 1.41. The highest BCUT2D eigenvalue weighted by Gasteiger charge is 2.35. The van der Waals surface area contributed by atoms with Gasteiger partial charge in [-0.15, -0.1) is 11.3 Å². The third-order valence-electron chi connectivity index (χ3n) is 6.38. The van der Waals surface area contributed by atoms with Crippen molar-refractivity contribution in [3.05, 3.63) is 49.8 Å². The highest BCUT2D eigenvalue weighted by molar-refractivity contribution is 7.12. The molecule has 2 fully saturated rings. The maximum Gasteiger partial charge on any atom is 0.264 e. The first kappa shape index (κ1) is 19.0. The lowest BCUT2D eigenvalue weighted by Gasteiger charge is -2.35. The summed E-state index contributed by atoms with van der Waals surface area (Å²) in [5.74, 6) is 0.798. The van der Waals surface area contributed by atoms with Gasteiger partial charge in [-0.05, 0) is 43.7 Å². The van der Waals surface area contributed by atoms with Crippen LogP contribution in [0, 0.1) is 0 Å². The van der Waals surface area contributed by atoms with Gasteiger partial charge in [0.2, 0.25) is 0 Å². The quantitative estimate of drug-likeness (QED) is 0.834. The Balaban J connectivity index is 1.37. The number of thiophene rings is 1. The Morgan fingerprint density at radius 3 is 2.90 bits per heavy atom. The van der Waals surface area contributed by atoms with Gasteiger partial charge in [0.05, 0.1) is 28.7 Å². The van der Waals surface area contributed by atoms with Crippen LogP contribution in [-0.2, 0) is 17.7 Å². The van der Waals surface area contributed by atoms with Crippen LogP contribution >= 0.6 is 11.3 Å². The van der Waals surface area contributed by atoms with E-state index in [0.717, 1.165) is 57.0 Å². The Morgan fingerprint density at radius 2 is 2.10 bits per heavy atom. The smallest absolute Gasteiger partial charge is 0.264 e. The van der Waals surface area contributed by atoms with Gasteiger partial charge in [-0.3, -0.25) is 14.5 Å². The molecule has 3 aliphatic rings. The fourth-order valence-electron chi connectivity index (χ4n) is 4.87. The number of hydrogen-bond acceptors (Lipinski definition) is 6. The Labute approximate surface area is 173 Å². The standard InChI is InChI=1S/C21H26N4O3S/c26-20-15-13-24(21(27)18-4-2-12-29-18)9-5-16(15)22-19(23-20)17-3-1-8-25(17)14-6-10-28-11-7-14/h2,4,12,14,17H,1,3,5-11,13H2,(H,22,23,26)/t17-/m0/s1. The van der Waals surface area contributed by atoms with Crippen molar-refractivity contribution in [2.45, 2.75) is 50.7 Å². The number of aromatic amines is 1. The van der Waals surface area contributed by atoms with Crippen molar-refractivity contribution in [3.8, 4) is 0 Å². The largest absolute Gasteiger partial charge is 0.381 e. The molecule has 0 unspecified atom stereocenters. The summed E-state index contributed by atoms with van der Waals surface area (Å²) in [4.78, 5) is 38.5. The van der Waals surface area contributed by atoms with Crippen LogP contribution < -0.4 is 5.56 Å². The first-order valence-electron chi connectivity index (χ1n) is 10.5. The van der Waals surface area contributed by atoms with E-state index in [9.17, 15) is 9.59 Å². The molecule has 0 spiro atoms. The van der Waals surface area contributed by atoms with Crippen LogP contribution in [0.5, 0.6) is 0 Å². The molecule has 2 aromatic rings. The number of ether oxygens (including phenoxy) is 1. The van der Waals surface area contributed by atoms with Gasteiger partial charge in [-0.25, -0.2) is 4.98 Å². The average Bonchev–Trinajstić information content (AvgIpc) is 3.46. The molecule has 0 aliphatic carbocycles. The summed E-state index contributed by atoms with van der Waals surface area (Å²) >= 11 is 1.44. The van der Waals surface area contributed by atoms with Crippen molar-refractivity contribution >= 4 is 17.2 Å². The molecule has 2 aromatic heterocycles. The van der Waals surface area contributed by atoms with Crippen molar-refractivity contribution in [1.82, 2.24) is 19.8 Å². The second-order valence-electron chi connectivity index (χ2n) is 8.07. The molecule has 1 N–H and O–H groups in total. The molecule has 8 heteroatoms. The van der Waals surface area contributed by atoms with Crippen molar-refractivity contribution in [1.29, 1.82) is 0 Å². The van der Waals surface area contributed by atoms with Gasteiger partial charge in [0.25, 0.3) is 11.5 Å². The van der Waals surface area contributed by atoms with Gasteiger partial charge in [-0.1, -0.05) is 6.07 Å². The SMILES string of the molecule is O=C(c1cccs1)N1CCc2nc([C@@H]3CCCN3C3CCOCC3)[nH]c(=O)c2C1. The maximum atomic E-state index is 12.9. The minimum Gasteiger partial charge on any atom is -0.381 e. The number of likely N-dealkylation sites (tertiary alicyclic amines) is 1. The molecule has 154 valence electrons.